The van der Waals surface area contributed by atoms with Crippen LogP contribution < -0.4 is 9.80 Å². The highest BCUT2D eigenvalue weighted by atomic mass is 35.5. The Labute approximate surface area is 134 Å². The van der Waals surface area contributed by atoms with E-state index >= 15 is 0 Å². The number of nitrogens with zero attached hydrogens (tertiary/aromatic N) is 2. The Morgan fingerprint density at radius 2 is 2.05 bits per heavy atom. The minimum absolute atomic E-state index is 0.0691. The van der Waals surface area contributed by atoms with Crippen LogP contribution in [0.5, 0.6) is 0 Å². The van der Waals surface area contributed by atoms with Crippen LogP contribution in [0.1, 0.15) is 19.3 Å². The van der Waals surface area contributed by atoms with Crippen molar-refractivity contribution >= 4 is 34.9 Å². The summed E-state index contributed by atoms with van der Waals surface area (Å²) in [6.07, 6.45) is 2.56. The fourth-order valence-corrected chi connectivity index (χ4v) is 3.45. The molecule has 2 aliphatic rings. The van der Waals surface area contributed by atoms with Crippen molar-refractivity contribution in [2.24, 2.45) is 5.92 Å². The minimum Gasteiger partial charge on any atom is -0.469 e. The second-order valence-electron chi connectivity index (χ2n) is 5.76. The Hall–Kier alpha value is -1.75. The lowest BCUT2D eigenvalue weighted by Crippen LogP contribution is -2.26. The summed E-state index contributed by atoms with van der Waals surface area (Å²) in [6, 6.07) is 5.67. The number of carbonyl (C=O) groups is 2. The number of hydrogen-bond acceptors (Lipinski definition) is 4. The van der Waals surface area contributed by atoms with Gasteiger partial charge in [-0.1, -0.05) is 11.6 Å². The van der Waals surface area contributed by atoms with Crippen molar-refractivity contribution in [1.29, 1.82) is 0 Å². The highest BCUT2D eigenvalue weighted by molar-refractivity contribution is 6.33. The van der Waals surface area contributed by atoms with Crippen LogP contribution in [0.4, 0.5) is 11.4 Å². The quantitative estimate of drug-likeness (QED) is 0.802. The van der Waals surface area contributed by atoms with Crippen molar-refractivity contribution in [1.82, 2.24) is 0 Å². The van der Waals surface area contributed by atoms with E-state index in [2.05, 4.69) is 4.90 Å². The molecule has 1 amide bonds. The van der Waals surface area contributed by atoms with Crippen molar-refractivity contribution < 1.29 is 14.3 Å². The summed E-state index contributed by atoms with van der Waals surface area (Å²) in [4.78, 5) is 27.6. The number of halogens is 1. The fourth-order valence-electron chi connectivity index (χ4n) is 3.16. The van der Waals surface area contributed by atoms with E-state index < -0.39 is 5.92 Å². The number of anilines is 2. The molecule has 6 heteroatoms. The minimum atomic E-state index is -0.394. The van der Waals surface area contributed by atoms with Crippen molar-refractivity contribution in [3.63, 3.8) is 0 Å². The van der Waals surface area contributed by atoms with Crippen molar-refractivity contribution in [3.05, 3.63) is 23.2 Å². The maximum absolute atomic E-state index is 12.1. The normalized spacial score (nSPS) is 21.5. The maximum atomic E-state index is 12.1. The first kappa shape index (κ1) is 15.2. The lowest BCUT2D eigenvalue weighted by atomic mass is 10.1. The van der Waals surface area contributed by atoms with Crippen molar-refractivity contribution in [2.75, 3.05) is 36.5 Å². The molecule has 5 nitrogen and oxygen atoms in total. The summed E-state index contributed by atoms with van der Waals surface area (Å²) in [5.41, 5.74) is 1.75. The van der Waals surface area contributed by atoms with E-state index in [1.54, 1.807) is 4.90 Å². The summed E-state index contributed by atoms with van der Waals surface area (Å²) >= 11 is 6.39. The lowest BCUT2D eigenvalue weighted by Gasteiger charge is -2.22. The molecule has 1 atom stereocenters. The average Bonchev–Trinajstić information content (AvgIpc) is 3.16. The maximum Gasteiger partial charge on any atom is 0.311 e. The number of amides is 1. The molecule has 118 valence electrons. The highest BCUT2D eigenvalue weighted by Gasteiger charge is 2.36. The third-order valence-corrected chi connectivity index (χ3v) is 4.65. The first-order valence-electron chi connectivity index (χ1n) is 7.53. The van der Waals surface area contributed by atoms with Crippen LogP contribution in [0, 0.1) is 5.92 Å². The molecular weight excluding hydrogens is 304 g/mol. The van der Waals surface area contributed by atoms with Gasteiger partial charge in [-0.05, 0) is 31.0 Å². The van der Waals surface area contributed by atoms with E-state index in [0.29, 0.717) is 11.6 Å². The monoisotopic (exact) mass is 322 g/mol. The van der Waals surface area contributed by atoms with Crippen LogP contribution in [-0.2, 0) is 14.3 Å². The molecule has 0 spiro atoms. The summed E-state index contributed by atoms with van der Waals surface area (Å²) in [5.74, 6) is -0.800. The molecule has 0 unspecified atom stereocenters. The van der Waals surface area contributed by atoms with Gasteiger partial charge in [0.25, 0.3) is 0 Å². The van der Waals surface area contributed by atoms with Gasteiger partial charge in [-0.25, -0.2) is 0 Å². The van der Waals surface area contributed by atoms with Gasteiger partial charge >= 0.3 is 5.97 Å². The molecule has 0 bridgehead atoms. The van der Waals surface area contributed by atoms with Crippen molar-refractivity contribution in [3.8, 4) is 0 Å². The zero-order valence-corrected chi connectivity index (χ0v) is 13.3. The van der Waals surface area contributed by atoms with Crippen LogP contribution in [-0.4, -0.2) is 38.6 Å². The summed E-state index contributed by atoms with van der Waals surface area (Å²) in [6.45, 7) is 2.39. The lowest BCUT2D eigenvalue weighted by molar-refractivity contribution is -0.145. The first-order valence-corrected chi connectivity index (χ1v) is 7.90. The van der Waals surface area contributed by atoms with Crippen LogP contribution in [0.2, 0.25) is 5.02 Å². The summed E-state index contributed by atoms with van der Waals surface area (Å²) in [7, 11) is 1.34. The molecule has 3 rings (SSSR count). The van der Waals surface area contributed by atoms with E-state index in [1.807, 2.05) is 18.2 Å². The van der Waals surface area contributed by atoms with Gasteiger partial charge < -0.3 is 14.5 Å². The number of methoxy groups -OCH3 is 1. The molecule has 2 heterocycles. The van der Waals surface area contributed by atoms with Crippen LogP contribution >= 0.6 is 11.6 Å². The summed E-state index contributed by atoms with van der Waals surface area (Å²) < 4.78 is 4.73. The molecule has 0 saturated carbocycles. The predicted octanol–water partition coefficient (Wildman–Crippen LogP) is 2.47. The average molecular weight is 323 g/mol. The molecule has 0 radical (unpaired) electrons. The molecule has 2 fully saturated rings. The molecule has 22 heavy (non-hydrogen) atoms. The van der Waals surface area contributed by atoms with Gasteiger partial charge in [0.1, 0.15) is 0 Å². The molecule has 2 aliphatic heterocycles. The van der Waals surface area contributed by atoms with Crippen LogP contribution in [0.3, 0.4) is 0 Å². The molecule has 0 aliphatic carbocycles. The second kappa shape index (κ2) is 6.16. The van der Waals surface area contributed by atoms with Gasteiger partial charge in [0.15, 0.2) is 0 Å². The zero-order chi connectivity index (χ0) is 15.7. The fraction of sp³-hybridized carbons (Fsp3) is 0.500. The van der Waals surface area contributed by atoms with E-state index in [0.717, 1.165) is 24.5 Å². The van der Waals surface area contributed by atoms with Gasteiger partial charge in [0.05, 0.1) is 23.7 Å². The van der Waals surface area contributed by atoms with E-state index in [1.165, 1.54) is 20.0 Å². The summed E-state index contributed by atoms with van der Waals surface area (Å²) in [5, 5.41) is 0.647. The van der Waals surface area contributed by atoms with Crippen molar-refractivity contribution in [2.45, 2.75) is 19.3 Å². The van der Waals surface area contributed by atoms with Crippen LogP contribution in [0.15, 0.2) is 18.2 Å². The number of hydrogen-bond donors (Lipinski definition) is 0. The van der Waals surface area contributed by atoms with Gasteiger partial charge in [0, 0.05) is 31.7 Å². The van der Waals surface area contributed by atoms with E-state index in [4.69, 9.17) is 16.3 Å². The molecule has 2 saturated heterocycles. The Kier molecular flexibility index (Phi) is 4.25. The molecule has 1 aromatic rings. The number of ether oxygens (including phenoxy) is 1. The molecular formula is C16H19ClN2O3. The molecule has 1 aromatic carbocycles. The Morgan fingerprint density at radius 1 is 1.32 bits per heavy atom. The number of rotatable bonds is 3. The van der Waals surface area contributed by atoms with Crippen LogP contribution in [0.25, 0.3) is 0 Å². The second-order valence-corrected chi connectivity index (χ2v) is 6.17. The van der Waals surface area contributed by atoms with Gasteiger partial charge in [-0.3, -0.25) is 9.59 Å². The van der Waals surface area contributed by atoms with Gasteiger partial charge in [0.2, 0.25) is 5.91 Å². The SMILES string of the molecule is COC(=O)[C@H]1CC(=O)N(c2ccc(N3CCCC3)c(Cl)c2)C1. The Bertz CT molecular complexity index is 599. The Morgan fingerprint density at radius 3 is 2.68 bits per heavy atom. The Balaban J connectivity index is 1.79. The van der Waals surface area contributed by atoms with Gasteiger partial charge in [-0.2, -0.15) is 0 Å². The highest BCUT2D eigenvalue weighted by Crippen LogP contribution is 2.34. The number of carbonyl (C=O) groups excluding carboxylic acids is 2. The predicted molar refractivity (Wildman–Crippen MR) is 85.4 cm³/mol. The third-order valence-electron chi connectivity index (χ3n) is 4.35. The third kappa shape index (κ3) is 2.77. The van der Waals surface area contributed by atoms with Gasteiger partial charge in [-0.15, -0.1) is 0 Å². The largest absolute Gasteiger partial charge is 0.469 e. The van der Waals surface area contributed by atoms with E-state index in [9.17, 15) is 9.59 Å². The van der Waals surface area contributed by atoms with E-state index in [-0.39, 0.29) is 18.3 Å². The molecule has 0 aromatic heterocycles. The zero-order valence-electron chi connectivity index (χ0n) is 12.5. The topological polar surface area (TPSA) is 49.9 Å². The standard InChI is InChI=1S/C16H19ClN2O3/c1-22-16(21)11-8-15(20)19(10-11)12-4-5-14(13(17)9-12)18-6-2-3-7-18/h4-5,9,11H,2-3,6-8,10H2,1H3/t11-/m0/s1. The smallest absolute Gasteiger partial charge is 0.311 e. The number of benzene rings is 1. The number of esters is 1. The first-order chi connectivity index (χ1) is 10.6. The molecule has 0 N–H and O–H groups in total.